The second kappa shape index (κ2) is 8.06. The molecular formula is C19H20ClFN2O4S. The van der Waals surface area contributed by atoms with Crippen molar-refractivity contribution in [1.82, 2.24) is 5.32 Å². The fourth-order valence-corrected chi connectivity index (χ4v) is 4.25. The first-order chi connectivity index (χ1) is 13.3. The molecule has 1 saturated carbocycles. The van der Waals surface area contributed by atoms with Gasteiger partial charge in [0.15, 0.2) is 0 Å². The minimum Gasteiger partial charge on any atom is -0.383 e. The molecule has 0 radical (unpaired) electrons. The Hall–Kier alpha value is -2.16. The first kappa shape index (κ1) is 20.6. The summed E-state index contributed by atoms with van der Waals surface area (Å²) in [6.45, 7) is 0.880. The second-order valence-electron chi connectivity index (χ2n) is 6.59. The Bertz CT molecular complexity index is 976. The molecular weight excluding hydrogens is 407 g/mol. The smallest absolute Gasteiger partial charge is 0.261 e. The number of rotatable bonds is 8. The molecule has 28 heavy (non-hydrogen) atoms. The van der Waals surface area contributed by atoms with Crippen molar-refractivity contribution in [3.05, 3.63) is 58.9 Å². The molecule has 6 nitrogen and oxygen atoms in total. The predicted molar refractivity (Wildman–Crippen MR) is 104 cm³/mol. The number of ether oxygens (including phenoxy) is 1. The van der Waals surface area contributed by atoms with Gasteiger partial charge in [-0.05, 0) is 48.7 Å². The van der Waals surface area contributed by atoms with Crippen LogP contribution >= 0.6 is 11.6 Å². The molecule has 0 spiro atoms. The summed E-state index contributed by atoms with van der Waals surface area (Å²) in [6.07, 6.45) is 1.48. The van der Waals surface area contributed by atoms with E-state index in [0.29, 0.717) is 18.8 Å². The number of halogens is 2. The Balaban J connectivity index is 1.72. The lowest BCUT2D eigenvalue weighted by Gasteiger charge is -2.16. The highest BCUT2D eigenvalue weighted by atomic mass is 35.5. The van der Waals surface area contributed by atoms with Crippen molar-refractivity contribution in [2.24, 2.45) is 0 Å². The number of carbonyl (C=O) groups excluding carboxylic acids is 1. The number of methoxy groups -OCH3 is 1. The molecule has 1 amide bonds. The topological polar surface area (TPSA) is 84.5 Å². The van der Waals surface area contributed by atoms with Gasteiger partial charge in [-0.2, -0.15) is 0 Å². The van der Waals surface area contributed by atoms with Crippen LogP contribution in [0.4, 0.5) is 10.1 Å². The van der Waals surface area contributed by atoms with Gasteiger partial charge in [0.1, 0.15) is 5.82 Å². The van der Waals surface area contributed by atoms with Crippen LogP contribution in [0.5, 0.6) is 0 Å². The van der Waals surface area contributed by atoms with Gasteiger partial charge >= 0.3 is 0 Å². The lowest BCUT2D eigenvalue weighted by atomic mass is 9.95. The summed E-state index contributed by atoms with van der Waals surface area (Å²) >= 11 is 5.66. The lowest BCUT2D eigenvalue weighted by Crippen LogP contribution is -2.36. The quantitative estimate of drug-likeness (QED) is 0.635. The molecule has 0 aliphatic heterocycles. The molecule has 0 bridgehead atoms. The maximum Gasteiger partial charge on any atom is 0.261 e. The fraction of sp³-hybridized carbons (Fsp3) is 0.316. The summed E-state index contributed by atoms with van der Waals surface area (Å²) in [5, 5.41) is 2.58. The minimum atomic E-state index is -3.91. The summed E-state index contributed by atoms with van der Waals surface area (Å²) < 4.78 is 45.5. The van der Waals surface area contributed by atoms with E-state index in [4.69, 9.17) is 16.3 Å². The van der Waals surface area contributed by atoms with Gasteiger partial charge in [-0.3, -0.25) is 9.52 Å². The van der Waals surface area contributed by atoms with E-state index < -0.39 is 21.3 Å². The van der Waals surface area contributed by atoms with Crippen LogP contribution in [0.25, 0.3) is 0 Å². The van der Waals surface area contributed by atoms with Gasteiger partial charge in [-0.1, -0.05) is 23.7 Å². The minimum absolute atomic E-state index is 0.0566. The third-order valence-corrected chi connectivity index (χ3v) is 6.34. The van der Waals surface area contributed by atoms with Gasteiger partial charge < -0.3 is 10.1 Å². The zero-order valence-electron chi connectivity index (χ0n) is 15.2. The van der Waals surface area contributed by atoms with Gasteiger partial charge in [-0.25, -0.2) is 12.8 Å². The van der Waals surface area contributed by atoms with Crippen molar-refractivity contribution in [1.29, 1.82) is 0 Å². The molecule has 2 aromatic carbocycles. The van der Waals surface area contributed by atoms with E-state index in [0.717, 1.165) is 36.6 Å². The Morgan fingerprint density at radius 3 is 2.46 bits per heavy atom. The van der Waals surface area contributed by atoms with Crippen LogP contribution in [0.3, 0.4) is 0 Å². The third-order valence-electron chi connectivity index (χ3n) is 4.67. The summed E-state index contributed by atoms with van der Waals surface area (Å²) in [7, 11) is -2.34. The summed E-state index contributed by atoms with van der Waals surface area (Å²) in [5.74, 6) is -0.748. The number of nitrogens with one attached hydrogen (secondary N) is 2. The summed E-state index contributed by atoms with van der Waals surface area (Å²) in [5.41, 5.74) is 0.602. The van der Waals surface area contributed by atoms with Gasteiger partial charge in [-0.15, -0.1) is 0 Å². The highest BCUT2D eigenvalue weighted by Gasteiger charge is 2.51. The maximum atomic E-state index is 13.3. The number of hydrogen-bond donors (Lipinski definition) is 2. The molecule has 2 N–H and O–H groups in total. The molecule has 2 aromatic rings. The molecule has 0 unspecified atom stereocenters. The van der Waals surface area contributed by atoms with E-state index in [1.807, 2.05) is 0 Å². The summed E-state index contributed by atoms with van der Waals surface area (Å²) in [4.78, 5) is 12.3. The molecule has 150 valence electrons. The van der Waals surface area contributed by atoms with Crippen molar-refractivity contribution in [3.63, 3.8) is 0 Å². The largest absolute Gasteiger partial charge is 0.383 e. The third kappa shape index (κ3) is 4.29. The van der Waals surface area contributed by atoms with Crippen molar-refractivity contribution in [3.8, 4) is 0 Å². The Morgan fingerprint density at radius 2 is 1.89 bits per heavy atom. The predicted octanol–water partition coefficient (Wildman–Crippen LogP) is 3.07. The zero-order valence-corrected chi connectivity index (χ0v) is 16.7. The van der Waals surface area contributed by atoms with Gasteiger partial charge in [0, 0.05) is 19.3 Å². The van der Waals surface area contributed by atoms with Crippen molar-refractivity contribution >= 4 is 33.2 Å². The maximum absolute atomic E-state index is 13.3. The molecule has 1 fully saturated rings. The average Bonchev–Trinajstić information content (AvgIpc) is 3.46. The SMILES string of the molecule is COCCNC(=O)C1(c2ccc(NS(=O)(=O)c3ccc(F)c(Cl)c3)cc2)CC1. The first-order valence-electron chi connectivity index (χ1n) is 8.64. The summed E-state index contributed by atoms with van der Waals surface area (Å²) in [6, 6.07) is 9.86. The number of carbonyl (C=O) groups is 1. The fourth-order valence-electron chi connectivity index (χ4n) is 2.92. The van der Waals surface area contributed by atoms with E-state index in [9.17, 15) is 17.6 Å². The molecule has 0 heterocycles. The van der Waals surface area contributed by atoms with E-state index >= 15 is 0 Å². The van der Waals surface area contributed by atoms with E-state index in [-0.39, 0.29) is 15.8 Å². The molecule has 0 aromatic heterocycles. The number of anilines is 1. The van der Waals surface area contributed by atoms with Gasteiger partial charge in [0.25, 0.3) is 10.0 Å². The molecule has 1 aliphatic carbocycles. The second-order valence-corrected chi connectivity index (χ2v) is 8.68. The van der Waals surface area contributed by atoms with Crippen LogP contribution in [0.2, 0.25) is 5.02 Å². The van der Waals surface area contributed by atoms with Crippen molar-refractivity contribution in [2.45, 2.75) is 23.2 Å². The molecule has 0 saturated heterocycles. The first-order valence-corrected chi connectivity index (χ1v) is 10.5. The van der Waals surface area contributed by atoms with E-state index in [1.54, 1.807) is 31.4 Å². The van der Waals surface area contributed by atoms with Crippen molar-refractivity contribution in [2.75, 3.05) is 25.0 Å². The highest BCUT2D eigenvalue weighted by molar-refractivity contribution is 7.92. The Labute approximate surface area is 168 Å². The molecule has 3 rings (SSSR count). The zero-order chi connectivity index (χ0) is 20.4. The monoisotopic (exact) mass is 426 g/mol. The van der Waals surface area contributed by atoms with E-state index in [1.165, 1.54) is 0 Å². The number of sulfonamides is 1. The molecule has 1 aliphatic rings. The van der Waals surface area contributed by atoms with Crippen LogP contribution in [0.1, 0.15) is 18.4 Å². The van der Waals surface area contributed by atoms with E-state index in [2.05, 4.69) is 10.0 Å². The van der Waals surface area contributed by atoms with Crippen LogP contribution in [-0.2, 0) is 25.0 Å². The van der Waals surface area contributed by atoms with Crippen LogP contribution in [0.15, 0.2) is 47.4 Å². The Morgan fingerprint density at radius 1 is 1.21 bits per heavy atom. The lowest BCUT2D eigenvalue weighted by molar-refractivity contribution is -0.123. The van der Waals surface area contributed by atoms with Gasteiger partial charge in [0.05, 0.1) is 21.9 Å². The number of amides is 1. The highest BCUT2D eigenvalue weighted by Crippen LogP contribution is 2.48. The number of hydrogen-bond acceptors (Lipinski definition) is 4. The Kier molecular flexibility index (Phi) is 5.92. The van der Waals surface area contributed by atoms with Crippen LogP contribution in [-0.4, -0.2) is 34.6 Å². The standard InChI is InChI=1S/C19H20ClFN2O4S/c1-27-11-10-22-18(24)19(8-9-19)13-2-4-14(5-3-13)23-28(25,26)15-6-7-17(21)16(20)12-15/h2-7,12,23H,8-11H2,1H3,(H,22,24). The molecule has 9 heteroatoms. The average molecular weight is 427 g/mol. The normalized spacial score (nSPS) is 15.1. The van der Waals surface area contributed by atoms with Crippen LogP contribution in [0, 0.1) is 5.82 Å². The van der Waals surface area contributed by atoms with Gasteiger partial charge in [0.2, 0.25) is 5.91 Å². The van der Waals surface area contributed by atoms with Crippen LogP contribution < -0.4 is 10.0 Å². The molecule has 0 atom stereocenters. The van der Waals surface area contributed by atoms with Crippen molar-refractivity contribution < 1.29 is 22.3 Å². The number of benzene rings is 2.